The zero-order chi connectivity index (χ0) is 41.8. The first kappa shape index (κ1) is 43.7. The second kappa shape index (κ2) is 18.6. The number of hydrogen-bond donors (Lipinski definition) is 6. The fraction of sp³-hybridized carbons (Fsp3) is 0.435. The van der Waals surface area contributed by atoms with E-state index in [-0.39, 0.29) is 11.1 Å². The molecule has 0 spiro atoms. The Balaban J connectivity index is 0.000000160. The molecule has 0 saturated carbocycles. The van der Waals surface area contributed by atoms with Gasteiger partial charge in [-0.25, -0.2) is 9.59 Å². The Morgan fingerprint density at radius 1 is 0.603 bits per heavy atom. The van der Waals surface area contributed by atoms with Gasteiger partial charge in [0.15, 0.2) is 12.2 Å². The lowest BCUT2D eigenvalue weighted by Crippen LogP contribution is -2.57. The van der Waals surface area contributed by atoms with Crippen molar-refractivity contribution in [3.63, 3.8) is 0 Å². The highest BCUT2D eigenvalue weighted by Crippen LogP contribution is 2.49. The number of nitrogens with one attached hydrogen (secondary N) is 2. The van der Waals surface area contributed by atoms with Crippen molar-refractivity contribution in [2.75, 3.05) is 39.3 Å². The van der Waals surface area contributed by atoms with Gasteiger partial charge in [0.25, 0.3) is 0 Å². The average Bonchev–Trinajstić information content (AvgIpc) is 3.76. The molecule has 10 nitrogen and oxygen atoms in total. The number of nitrogens with zero attached hydrogens (tertiary/aromatic N) is 2. The maximum absolute atomic E-state index is 9.77. The van der Waals surface area contributed by atoms with Gasteiger partial charge in [-0.3, -0.25) is 9.80 Å². The highest BCUT2D eigenvalue weighted by molar-refractivity contribution is 6.31. The van der Waals surface area contributed by atoms with E-state index in [9.17, 15) is 9.59 Å². The largest absolute Gasteiger partial charge is 0.479 e. The minimum Gasteiger partial charge on any atom is -0.479 e. The second-order valence-electron chi connectivity index (χ2n) is 17.1. The molecule has 58 heavy (non-hydrogen) atoms. The van der Waals surface area contributed by atoms with Crippen molar-refractivity contribution in [2.45, 2.75) is 87.7 Å². The summed E-state index contributed by atoms with van der Waals surface area (Å²) < 4.78 is 0. The molecular formula is C46H56Cl2N4O6. The summed E-state index contributed by atoms with van der Waals surface area (Å²) in [5, 5.41) is 41.5. The van der Waals surface area contributed by atoms with Crippen LogP contribution in [0.2, 0.25) is 10.0 Å². The number of carboxylic acids is 2. The summed E-state index contributed by atoms with van der Waals surface area (Å²) >= 11 is 12.7. The van der Waals surface area contributed by atoms with Crippen molar-refractivity contribution < 1.29 is 30.0 Å². The zero-order valence-corrected chi connectivity index (χ0v) is 35.1. The van der Waals surface area contributed by atoms with Crippen molar-refractivity contribution in [3.8, 4) is 0 Å². The molecule has 0 amide bonds. The van der Waals surface area contributed by atoms with E-state index in [0.29, 0.717) is 23.9 Å². The number of halogens is 2. The fourth-order valence-electron chi connectivity index (χ4n) is 9.11. The predicted octanol–water partition coefficient (Wildman–Crippen LogP) is 7.08. The molecule has 0 aromatic heterocycles. The lowest BCUT2D eigenvalue weighted by Gasteiger charge is -2.42. The number of carbonyl (C=O) groups is 2. The topological polar surface area (TPSA) is 146 Å². The van der Waals surface area contributed by atoms with Crippen LogP contribution in [-0.4, -0.2) is 105 Å². The Morgan fingerprint density at radius 3 is 1.29 bits per heavy atom. The van der Waals surface area contributed by atoms with Gasteiger partial charge in [0.1, 0.15) is 0 Å². The van der Waals surface area contributed by atoms with Crippen LogP contribution < -0.4 is 10.6 Å². The van der Waals surface area contributed by atoms with Crippen LogP contribution in [0, 0.1) is 0 Å². The lowest BCUT2D eigenvalue weighted by atomic mass is 9.93. The maximum atomic E-state index is 9.77. The van der Waals surface area contributed by atoms with E-state index in [2.05, 4.69) is 133 Å². The Morgan fingerprint density at radius 2 is 0.966 bits per heavy atom. The minimum absolute atomic E-state index is 0.168. The van der Waals surface area contributed by atoms with Gasteiger partial charge in [-0.1, -0.05) is 96.0 Å². The molecule has 2 saturated heterocycles. The number of hydrogen-bond acceptors (Lipinski definition) is 8. The molecule has 4 aromatic carbocycles. The van der Waals surface area contributed by atoms with E-state index in [4.69, 9.17) is 43.6 Å². The molecule has 6 atom stereocenters. The van der Waals surface area contributed by atoms with Gasteiger partial charge in [0, 0.05) is 84.3 Å². The lowest BCUT2D eigenvalue weighted by molar-refractivity contribution is -0.165. The first-order valence-electron chi connectivity index (χ1n) is 20.0. The first-order valence-corrected chi connectivity index (χ1v) is 20.8. The molecule has 2 aliphatic heterocycles. The smallest absolute Gasteiger partial charge is 0.335 e. The number of aliphatic hydroxyl groups is 2. The molecule has 6 N–H and O–H groups in total. The summed E-state index contributed by atoms with van der Waals surface area (Å²) in [4.78, 5) is 24.8. The molecule has 2 aliphatic carbocycles. The molecule has 0 bridgehead atoms. The van der Waals surface area contributed by atoms with E-state index in [0.717, 1.165) is 62.2 Å². The molecule has 2 unspecified atom stereocenters. The van der Waals surface area contributed by atoms with E-state index < -0.39 is 24.1 Å². The van der Waals surface area contributed by atoms with Crippen LogP contribution in [0.1, 0.15) is 97.8 Å². The van der Waals surface area contributed by atoms with Crippen molar-refractivity contribution >= 4 is 35.1 Å². The maximum Gasteiger partial charge on any atom is 0.335 e. The fourth-order valence-corrected chi connectivity index (χ4v) is 9.48. The third-order valence-electron chi connectivity index (χ3n) is 11.8. The molecular weight excluding hydrogens is 775 g/mol. The number of piperazine rings is 2. The molecule has 2 fully saturated rings. The molecule has 8 rings (SSSR count). The monoisotopic (exact) mass is 830 g/mol. The number of benzene rings is 4. The Kier molecular flexibility index (Phi) is 14.0. The molecule has 4 aromatic rings. The van der Waals surface area contributed by atoms with Crippen molar-refractivity contribution in [1.29, 1.82) is 0 Å². The number of aliphatic hydroxyl groups excluding tert-OH is 2. The number of aliphatic carboxylic acids is 2. The van der Waals surface area contributed by atoms with Gasteiger partial charge in [0.2, 0.25) is 0 Å². The number of carboxylic acid groups (broad SMARTS) is 2. The quantitative estimate of drug-likeness (QED) is 0.114. The van der Waals surface area contributed by atoms with E-state index >= 15 is 0 Å². The predicted molar refractivity (Wildman–Crippen MR) is 229 cm³/mol. The third-order valence-corrected chi connectivity index (χ3v) is 12.2. The normalized spacial score (nSPS) is 24.5. The van der Waals surface area contributed by atoms with Crippen molar-refractivity contribution in [1.82, 2.24) is 20.4 Å². The molecule has 4 aliphatic rings. The van der Waals surface area contributed by atoms with Crippen LogP contribution in [0.3, 0.4) is 0 Å². The number of fused-ring (bicyclic) bond motifs is 2. The molecule has 0 radical (unpaired) electrons. The standard InChI is InChI=1S/2C21H25ClN2.C4H6O6/c2*1-21(2)14-24(11-10-23-21)20-13-18(15-6-4-3-5-7-15)17-9-8-16(22)12-19(17)20;5-1(3(7)8)2(6)4(9)10/h2*3-9,12,18,20,23H,10-11,13-14H2,1-2H3;1-2,5-6H,(H,7,8)(H,9,10)/t2*18-,20+;/m00./s1. The van der Waals surface area contributed by atoms with Crippen molar-refractivity contribution in [3.05, 3.63) is 140 Å². The number of rotatable bonds is 7. The van der Waals surface area contributed by atoms with Crippen LogP contribution in [-0.2, 0) is 9.59 Å². The highest BCUT2D eigenvalue weighted by Gasteiger charge is 2.40. The summed E-state index contributed by atoms with van der Waals surface area (Å²) in [7, 11) is 0. The van der Waals surface area contributed by atoms with E-state index in [1.54, 1.807) is 0 Å². The average molecular weight is 832 g/mol. The first-order chi connectivity index (χ1) is 27.5. The highest BCUT2D eigenvalue weighted by atomic mass is 35.5. The van der Waals surface area contributed by atoms with Crippen LogP contribution >= 0.6 is 23.2 Å². The van der Waals surface area contributed by atoms with Gasteiger partial charge in [-0.2, -0.15) is 0 Å². The van der Waals surface area contributed by atoms with Crippen LogP contribution in [0.25, 0.3) is 0 Å². The third kappa shape index (κ3) is 10.5. The summed E-state index contributed by atoms with van der Waals surface area (Å²) in [6.45, 7) is 15.6. The van der Waals surface area contributed by atoms with E-state index in [1.165, 1.54) is 33.4 Å². The SMILES string of the molecule is CC1(C)CN([C@@H]2C[C@@H](c3ccccc3)c3ccc(Cl)cc32)CCN1.CC1(C)CN([C@@H]2C[C@@H](c3ccccc3)c3ccc(Cl)cc32)CCN1.O=C(O)C(O)C(O)C(=O)O. The van der Waals surface area contributed by atoms with Gasteiger partial charge in [0.05, 0.1) is 0 Å². The Bertz CT molecular complexity index is 1890. The molecule has 12 heteroatoms. The van der Waals surface area contributed by atoms with Gasteiger partial charge >= 0.3 is 11.9 Å². The zero-order valence-electron chi connectivity index (χ0n) is 33.6. The Labute approximate surface area is 351 Å². The van der Waals surface area contributed by atoms with Gasteiger partial charge in [-0.15, -0.1) is 0 Å². The minimum atomic E-state index is -2.27. The molecule has 2 heterocycles. The van der Waals surface area contributed by atoms with Gasteiger partial charge < -0.3 is 31.1 Å². The summed E-state index contributed by atoms with van der Waals surface area (Å²) in [5.41, 5.74) is 8.92. The summed E-state index contributed by atoms with van der Waals surface area (Å²) in [5.74, 6) is -2.59. The summed E-state index contributed by atoms with van der Waals surface area (Å²) in [6, 6.07) is 35.7. The Hall–Kier alpha value is -3.84. The van der Waals surface area contributed by atoms with Crippen molar-refractivity contribution in [2.24, 2.45) is 0 Å². The second-order valence-corrected chi connectivity index (χ2v) is 18.0. The summed E-state index contributed by atoms with van der Waals surface area (Å²) in [6.07, 6.45) is -2.24. The van der Waals surface area contributed by atoms with Crippen LogP contribution in [0.15, 0.2) is 97.1 Å². The van der Waals surface area contributed by atoms with Gasteiger partial charge in [-0.05, 0) is 98.2 Å². The molecule has 310 valence electrons. The van der Waals surface area contributed by atoms with Crippen LogP contribution in [0.4, 0.5) is 0 Å². The van der Waals surface area contributed by atoms with Crippen LogP contribution in [0.5, 0.6) is 0 Å². The van der Waals surface area contributed by atoms with E-state index in [1.807, 2.05) is 12.1 Å².